The van der Waals surface area contributed by atoms with Gasteiger partial charge in [0, 0.05) is 21.6 Å². The second-order valence-electron chi connectivity index (χ2n) is 3.52. The highest BCUT2D eigenvalue weighted by atomic mass is 79.9. The van der Waals surface area contributed by atoms with Crippen LogP contribution in [0.2, 0.25) is 0 Å². The van der Waals surface area contributed by atoms with Crippen LogP contribution in [0.1, 0.15) is 13.8 Å². The van der Waals surface area contributed by atoms with E-state index in [4.69, 9.17) is 0 Å². The summed E-state index contributed by atoms with van der Waals surface area (Å²) < 4.78 is 23.5. The van der Waals surface area contributed by atoms with Crippen LogP contribution in [0.25, 0.3) is 0 Å². The summed E-state index contributed by atoms with van der Waals surface area (Å²) in [6.07, 6.45) is 0. The summed E-state index contributed by atoms with van der Waals surface area (Å²) in [5.74, 6) is 0. The van der Waals surface area contributed by atoms with Gasteiger partial charge in [0.25, 0.3) is 4.82 Å². The van der Waals surface area contributed by atoms with Gasteiger partial charge >= 0.3 is 0 Å². The van der Waals surface area contributed by atoms with Crippen LogP contribution in [0.4, 0.5) is 10.5 Å². The highest BCUT2D eigenvalue weighted by molar-refractivity contribution is 9.18. The molecule has 16 heavy (non-hydrogen) atoms. The Balaban J connectivity index is 3.00. The molecule has 0 saturated heterocycles. The molecule has 0 spiro atoms. The van der Waals surface area contributed by atoms with Crippen molar-refractivity contribution in [1.29, 1.82) is 0 Å². The van der Waals surface area contributed by atoms with Gasteiger partial charge < -0.3 is 5.32 Å². The van der Waals surface area contributed by atoms with Gasteiger partial charge in [0.15, 0.2) is 9.84 Å². The van der Waals surface area contributed by atoms with E-state index in [1.807, 2.05) is 0 Å². The molecule has 0 unspecified atom stereocenters. The van der Waals surface area contributed by atoms with Gasteiger partial charge in [-0.25, -0.2) is 8.42 Å². The molecule has 1 rings (SSSR count). The van der Waals surface area contributed by atoms with Crippen molar-refractivity contribution in [3.8, 4) is 0 Å². The second kappa shape index (κ2) is 4.97. The van der Waals surface area contributed by atoms with E-state index >= 15 is 0 Å². The largest absolute Gasteiger partial charge is 0.317 e. The predicted molar refractivity (Wildman–Crippen MR) is 66.7 cm³/mol. The fraction of sp³-hybridized carbons (Fsp3) is 0.300. The summed E-state index contributed by atoms with van der Waals surface area (Å²) in [6, 6.07) is 6.06. The molecule has 1 N–H and O–H groups in total. The highest BCUT2D eigenvalue weighted by Crippen LogP contribution is 2.18. The molecule has 0 aliphatic carbocycles. The molecule has 4 nitrogen and oxygen atoms in total. The lowest BCUT2D eigenvalue weighted by atomic mass is 10.3. The van der Waals surface area contributed by atoms with Gasteiger partial charge in [-0.2, -0.15) is 0 Å². The topological polar surface area (TPSA) is 63.2 Å². The first kappa shape index (κ1) is 13.2. The van der Waals surface area contributed by atoms with Gasteiger partial charge in [0.1, 0.15) is 0 Å². The Hall–Kier alpha value is -0.880. The molecule has 0 aromatic heterocycles. The standard InChI is InChI=1S/C10H12BrNO3S/c1-7(2)16(14,15)9-5-3-8(4-6-9)12-10(11)13/h3-7H,1-2H3,(H,12,13). The lowest BCUT2D eigenvalue weighted by molar-refractivity contribution is 0.270. The van der Waals surface area contributed by atoms with Crippen LogP contribution in [0.5, 0.6) is 0 Å². The van der Waals surface area contributed by atoms with Crippen molar-refractivity contribution >= 4 is 36.3 Å². The molecular formula is C10H12BrNO3S. The van der Waals surface area contributed by atoms with Gasteiger partial charge in [-0.05, 0) is 38.1 Å². The monoisotopic (exact) mass is 305 g/mol. The third kappa shape index (κ3) is 3.05. The zero-order chi connectivity index (χ0) is 12.3. The van der Waals surface area contributed by atoms with Crippen molar-refractivity contribution < 1.29 is 13.2 Å². The number of hydrogen-bond acceptors (Lipinski definition) is 3. The smallest absolute Gasteiger partial charge is 0.291 e. The molecule has 1 aromatic carbocycles. The normalized spacial score (nSPS) is 11.5. The Morgan fingerprint density at radius 3 is 2.12 bits per heavy atom. The lowest BCUT2D eigenvalue weighted by Crippen LogP contribution is -2.13. The first-order valence-electron chi connectivity index (χ1n) is 4.64. The van der Waals surface area contributed by atoms with Crippen LogP contribution in [-0.4, -0.2) is 18.5 Å². The molecule has 1 amide bonds. The number of carbonyl (C=O) groups excluding carboxylic acids is 1. The summed E-state index contributed by atoms with van der Waals surface area (Å²) in [7, 11) is -3.25. The van der Waals surface area contributed by atoms with Gasteiger partial charge in [0.2, 0.25) is 0 Å². The Morgan fingerprint density at radius 2 is 1.75 bits per heavy atom. The third-order valence-corrected chi connectivity index (χ3v) is 4.41. The Kier molecular flexibility index (Phi) is 4.09. The summed E-state index contributed by atoms with van der Waals surface area (Å²) in [5, 5.41) is 2.04. The van der Waals surface area contributed by atoms with E-state index in [1.54, 1.807) is 26.0 Å². The van der Waals surface area contributed by atoms with E-state index in [9.17, 15) is 13.2 Å². The van der Waals surface area contributed by atoms with Crippen molar-refractivity contribution in [1.82, 2.24) is 0 Å². The van der Waals surface area contributed by atoms with Crippen LogP contribution in [-0.2, 0) is 9.84 Å². The number of amides is 1. The molecule has 0 saturated carbocycles. The molecule has 0 fully saturated rings. The van der Waals surface area contributed by atoms with Crippen LogP contribution in [0.3, 0.4) is 0 Å². The lowest BCUT2D eigenvalue weighted by Gasteiger charge is -2.08. The number of hydrogen-bond donors (Lipinski definition) is 1. The predicted octanol–water partition coefficient (Wildman–Crippen LogP) is 2.80. The van der Waals surface area contributed by atoms with E-state index in [1.165, 1.54) is 12.1 Å². The summed E-state index contributed by atoms with van der Waals surface area (Å²) >= 11 is 2.72. The number of anilines is 1. The minimum atomic E-state index is -3.25. The van der Waals surface area contributed by atoms with Crippen molar-refractivity contribution in [3.63, 3.8) is 0 Å². The van der Waals surface area contributed by atoms with Crippen molar-refractivity contribution in [2.45, 2.75) is 24.0 Å². The van der Waals surface area contributed by atoms with Gasteiger partial charge in [-0.1, -0.05) is 0 Å². The molecule has 0 aliphatic rings. The number of benzene rings is 1. The maximum atomic E-state index is 11.8. The highest BCUT2D eigenvalue weighted by Gasteiger charge is 2.18. The summed E-state index contributed by atoms with van der Waals surface area (Å²) in [4.78, 5) is 10.6. The van der Waals surface area contributed by atoms with Crippen LogP contribution >= 0.6 is 15.9 Å². The molecule has 0 bridgehead atoms. The van der Waals surface area contributed by atoms with Crippen molar-refractivity contribution in [3.05, 3.63) is 24.3 Å². The van der Waals surface area contributed by atoms with E-state index in [0.29, 0.717) is 5.69 Å². The molecule has 0 radical (unpaired) electrons. The average Bonchev–Trinajstić information content (AvgIpc) is 2.17. The first-order valence-corrected chi connectivity index (χ1v) is 6.98. The molecule has 0 heterocycles. The maximum absolute atomic E-state index is 11.8. The average molecular weight is 306 g/mol. The van der Waals surface area contributed by atoms with E-state index in [2.05, 4.69) is 21.2 Å². The van der Waals surface area contributed by atoms with Gasteiger partial charge in [0.05, 0.1) is 10.1 Å². The van der Waals surface area contributed by atoms with E-state index in [-0.39, 0.29) is 9.71 Å². The van der Waals surface area contributed by atoms with Crippen LogP contribution in [0, 0.1) is 0 Å². The SMILES string of the molecule is CC(C)S(=O)(=O)c1ccc(NC(=O)Br)cc1. The summed E-state index contributed by atoms with van der Waals surface area (Å²) in [5.41, 5.74) is 0.546. The first-order chi connectivity index (χ1) is 7.34. The van der Waals surface area contributed by atoms with Crippen LogP contribution < -0.4 is 5.32 Å². The molecular weight excluding hydrogens is 294 g/mol. The zero-order valence-electron chi connectivity index (χ0n) is 8.90. The van der Waals surface area contributed by atoms with Crippen molar-refractivity contribution in [2.24, 2.45) is 0 Å². The second-order valence-corrected chi connectivity index (χ2v) is 6.74. The minimum absolute atomic E-state index is 0.259. The zero-order valence-corrected chi connectivity index (χ0v) is 11.3. The minimum Gasteiger partial charge on any atom is -0.317 e. The quantitative estimate of drug-likeness (QED) is 0.690. The summed E-state index contributed by atoms with van der Waals surface area (Å²) in [6.45, 7) is 3.26. The molecule has 0 atom stereocenters. The Labute approximate surface area is 103 Å². The number of nitrogens with one attached hydrogen (secondary N) is 1. The van der Waals surface area contributed by atoms with E-state index < -0.39 is 15.1 Å². The van der Waals surface area contributed by atoms with E-state index in [0.717, 1.165) is 0 Å². The Morgan fingerprint density at radius 1 is 1.25 bits per heavy atom. The molecule has 6 heteroatoms. The maximum Gasteiger partial charge on any atom is 0.291 e. The van der Waals surface area contributed by atoms with Crippen LogP contribution in [0.15, 0.2) is 29.2 Å². The molecule has 0 aliphatic heterocycles. The fourth-order valence-electron chi connectivity index (χ4n) is 1.11. The molecule has 88 valence electrons. The van der Waals surface area contributed by atoms with Gasteiger partial charge in [-0.15, -0.1) is 0 Å². The fourth-order valence-corrected chi connectivity index (χ4v) is 2.40. The number of rotatable bonds is 3. The molecule has 1 aromatic rings. The number of sulfone groups is 1. The van der Waals surface area contributed by atoms with Crippen molar-refractivity contribution in [2.75, 3.05) is 5.32 Å². The van der Waals surface area contributed by atoms with Gasteiger partial charge in [-0.3, -0.25) is 4.79 Å². The number of carbonyl (C=O) groups is 1. The Bertz CT molecular complexity index is 479. The third-order valence-electron chi connectivity index (χ3n) is 2.05. The number of halogens is 1.